The predicted octanol–water partition coefficient (Wildman–Crippen LogP) is 2.14. The van der Waals surface area contributed by atoms with E-state index < -0.39 is 0 Å². The van der Waals surface area contributed by atoms with Crippen molar-refractivity contribution in [2.45, 2.75) is 31.7 Å². The van der Waals surface area contributed by atoms with Gasteiger partial charge in [0.2, 0.25) is 5.13 Å². The van der Waals surface area contributed by atoms with Gasteiger partial charge in [-0.2, -0.15) is 4.37 Å². The van der Waals surface area contributed by atoms with Crippen molar-refractivity contribution in [3.63, 3.8) is 0 Å². The molecule has 2 aromatic heterocycles. The Kier molecular flexibility index (Phi) is 4.10. The number of hydrogen-bond acceptors (Lipinski definition) is 6. The maximum absolute atomic E-state index is 7.42. The van der Waals surface area contributed by atoms with Crippen LogP contribution in [-0.4, -0.2) is 26.7 Å². The fourth-order valence-corrected chi connectivity index (χ4v) is 2.84. The Balaban J connectivity index is 1.75. The van der Waals surface area contributed by atoms with E-state index in [2.05, 4.69) is 19.2 Å². The van der Waals surface area contributed by atoms with E-state index in [9.17, 15) is 0 Å². The lowest BCUT2D eigenvalue weighted by molar-refractivity contribution is 0.789. The minimum absolute atomic E-state index is 0.193. The number of rotatable bonds is 7. The van der Waals surface area contributed by atoms with E-state index in [0.717, 1.165) is 16.5 Å². The number of pyridine rings is 1. The number of hydrogen-bond donors (Lipinski definition) is 2. The highest BCUT2D eigenvalue weighted by Gasteiger charge is 2.28. The van der Waals surface area contributed by atoms with Crippen molar-refractivity contribution in [3.8, 4) is 0 Å². The summed E-state index contributed by atoms with van der Waals surface area (Å²) < 4.78 is 4.46. The number of anilines is 1. The van der Waals surface area contributed by atoms with Crippen molar-refractivity contribution in [3.05, 3.63) is 35.9 Å². The normalized spacial score (nSPS) is 14.1. The summed E-state index contributed by atoms with van der Waals surface area (Å²) in [5.41, 5.74) is 6.60. The minimum atomic E-state index is 0.193. The first-order valence-corrected chi connectivity index (χ1v) is 7.80. The molecular formula is C14H18N6S. The molecule has 2 aromatic rings. The molecule has 7 heteroatoms. The van der Waals surface area contributed by atoms with Crippen LogP contribution in [0.2, 0.25) is 0 Å². The van der Waals surface area contributed by atoms with Crippen LogP contribution in [0.3, 0.4) is 0 Å². The molecule has 3 rings (SSSR count). The Morgan fingerprint density at radius 2 is 2.33 bits per heavy atom. The zero-order valence-corrected chi connectivity index (χ0v) is 12.5. The monoisotopic (exact) mass is 302 g/mol. The molecule has 6 nitrogen and oxygen atoms in total. The van der Waals surface area contributed by atoms with Crippen molar-refractivity contribution < 1.29 is 0 Å². The van der Waals surface area contributed by atoms with Crippen LogP contribution in [0, 0.1) is 5.41 Å². The number of aromatic nitrogens is 3. The molecule has 1 aliphatic carbocycles. The maximum atomic E-state index is 7.42. The lowest BCUT2D eigenvalue weighted by Gasteiger charge is -2.21. The third-order valence-corrected chi connectivity index (χ3v) is 4.18. The van der Waals surface area contributed by atoms with Gasteiger partial charge in [0.15, 0.2) is 0 Å². The van der Waals surface area contributed by atoms with Gasteiger partial charge in [0.05, 0.1) is 5.84 Å². The average molecular weight is 302 g/mol. The van der Waals surface area contributed by atoms with Crippen LogP contribution in [0.25, 0.3) is 0 Å². The minimum Gasteiger partial charge on any atom is -0.388 e. The lowest BCUT2D eigenvalue weighted by Crippen LogP contribution is -2.27. The van der Waals surface area contributed by atoms with Gasteiger partial charge >= 0.3 is 0 Å². The standard InChI is InChI=1S/C14H18N6S/c15-12(16)5-7-20(9-10-2-1-6-17-8-10)14-18-13(19-21-14)11-3-4-11/h1-2,6,8,11H,3-5,7,9H2,(H3,15,16). The summed E-state index contributed by atoms with van der Waals surface area (Å²) in [5, 5.41) is 8.32. The van der Waals surface area contributed by atoms with Crippen LogP contribution in [0.4, 0.5) is 5.13 Å². The summed E-state index contributed by atoms with van der Waals surface area (Å²) >= 11 is 1.43. The van der Waals surface area contributed by atoms with E-state index in [4.69, 9.17) is 11.1 Å². The molecule has 0 unspecified atom stereocenters. The highest BCUT2D eigenvalue weighted by molar-refractivity contribution is 7.09. The topological polar surface area (TPSA) is 91.8 Å². The van der Waals surface area contributed by atoms with Gasteiger partial charge in [-0.1, -0.05) is 6.07 Å². The van der Waals surface area contributed by atoms with E-state index in [1.165, 1.54) is 24.4 Å². The van der Waals surface area contributed by atoms with Gasteiger partial charge < -0.3 is 10.6 Å². The van der Waals surface area contributed by atoms with Gasteiger partial charge in [-0.3, -0.25) is 10.4 Å². The third kappa shape index (κ3) is 3.75. The molecule has 2 heterocycles. The molecular weight excluding hydrogens is 284 g/mol. The molecule has 0 amide bonds. The highest BCUT2D eigenvalue weighted by Crippen LogP contribution is 2.39. The number of amidine groups is 1. The van der Waals surface area contributed by atoms with E-state index in [1.54, 1.807) is 6.20 Å². The van der Waals surface area contributed by atoms with Gasteiger partial charge in [-0.05, 0) is 24.5 Å². The molecule has 3 N–H and O–H groups in total. The first-order chi connectivity index (χ1) is 10.2. The second-order valence-corrected chi connectivity index (χ2v) is 6.00. The van der Waals surface area contributed by atoms with Gasteiger partial charge in [0.25, 0.3) is 0 Å². The Morgan fingerprint density at radius 3 is 3.00 bits per heavy atom. The third-order valence-electron chi connectivity index (χ3n) is 3.39. The van der Waals surface area contributed by atoms with Crippen LogP contribution in [0.5, 0.6) is 0 Å². The molecule has 0 aromatic carbocycles. The Hall–Kier alpha value is -2.02. The Morgan fingerprint density at radius 1 is 1.48 bits per heavy atom. The van der Waals surface area contributed by atoms with Gasteiger partial charge in [-0.25, -0.2) is 4.98 Å². The Labute approximate surface area is 127 Å². The van der Waals surface area contributed by atoms with E-state index in [1.807, 2.05) is 18.3 Å². The molecule has 0 atom stereocenters. The second-order valence-electron chi connectivity index (χ2n) is 5.27. The summed E-state index contributed by atoms with van der Waals surface area (Å²) in [7, 11) is 0. The SMILES string of the molecule is N=C(N)CCN(Cc1cccnc1)c1nc(C2CC2)ns1. The van der Waals surface area contributed by atoms with Crippen LogP contribution < -0.4 is 10.6 Å². The fourth-order valence-electron chi connectivity index (χ4n) is 2.07. The molecule has 0 radical (unpaired) electrons. The first kappa shape index (κ1) is 13.9. The van der Waals surface area contributed by atoms with Gasteiger partial charge in [0.1, 0.15) is 5.82 Å². The van der Waals surface area contributed by atoms with E-state index in [0.29, 0.717) is 25.4 Å². The summed E-state index contributed by atoms with van der Waals surface area (Å²) in [4.78, 5) is 10.9. The summed E-state index contributed by atoms with van der Waals surface area (Å²) in [6.45, 7) is 1.38. The molecule has 0 spiro atoms. The maximum Gasteiger partial charge on any atom is 0.205 e. The zero-order chi connectivity index (χ0) is 14.7. The average Bonchev–Trinajstić information content (AvgIpc) is 3.22. The zero-order valence-electron chi connectivity index (χ0n) is 11.7. The molecule has 1 fully saturated rings. The van der Waals surface area contributed by atoms with Crippen LogP contribution >= 0.6 is 11.5 Å². The van der Waals surface area contributed by atoms with Crippen LogP contribution in [-0.2, 0) is 6.54 Å². The molecule has 0 aliphatic heterocycles. The molecule has 21 heavy (non-hydrogen) atoms. The number of nitrogens with zero attached hydrogens (tertiary/aromatic N) is 4. The van der Waals surface area contributed by atoms with Crippen LogP contribution in [0.1, 0.15) is 36.6 Å². The number of nitrogens with one attached hydrogen (secondary N) is 1. The van der Waals surface area contributed by atoms with E-state index >= 15 is 0 Å². The molecule has 0 saturated heterocycles. The first-order valence-electron chi connectivity index (χ1n) is 7.02. The summed E-state index contributed by atoms with van der Waals surface area (Å²) in [6, 6.07) is 3.96. The molecule has 0 bridgehead atoms. The highest BCUT2D eigenvalue weighted by atomic mass is 32.1. The van der Waals surface area contributed by atoms with Crippen molar-refractivity contribution in [1.82, 2.24) is 14.3 Å². The fraction of sp³-hybridized carbons (Fsp3) is 0.429. The largest absolute Gasteiger partial charge is 0.388 e. The van der Waals surface area contributed by atoms with Crippen LogP contribution in [0.15, 0.2) is 24.5 Å². The van der Waals surface area contributed by atoms with E-state index in [-0.39, 0.29) is 5.84 Å². The second kappa shape index (κ2) is 6.17. The molecule has 1 aliphatic rings. The smallest absolute Gasteiger partial charge is 0.205 e. The van der Waals surface area contributed by atoms with Crippen molar-refractivity contribution >= 4 is 22.5 Å². The quantitative estimate of drug-likeness (QED) is 0.604. The predicted molar refractivity (Wildman–Crippen MR) is 83.7 cm³/mol. The summed E-state index contributed by atoms with van der Waals surface area (Å²) in [6.07, 6.45) is 6.54. The van der Waals surface area contributed by atoms with Crippen molar-refractivity contribution in [2.75, 3.05) is 11.4 Å². The number of nitrogens with two attached hydrogens (primary N) is 1. The van der Waals surface area contributed by atoms with Gasteiger partial charge in [0, 0.05) is 49.4 Å². The van der Waals surface area contributed by atoms with Gasteiger partial charge in [-0.15, -0.1) is 0 Å². The lowest BCUT2D eigenvalue weighted by atomic mass is 10.2. The Bertz CT molecular complexity index is 607. The summed E-state index contributed by atoms with van der Waals surface area (Å²) in [5.74, 6) is 1.72. The molecule has 110 valence electrons. The molecule has 1 saturated carbocycles. The van der Waals surface area contributed by atoms with Crippen molar-refractivity contribution in [1.29, 1.82) is 5.41 Å². The van der Waals surface area contributed by atoms with Crippen molar-refractivity contribution in [2.24, 2.45) is 5.73 Å².